The van der Waals surface area contributed by atoms with Crippen LogP contribution >= 0.6 is 23.4 Å². The average Bonchev–Trinajstić information content (AvgIpc) is 2.97. The molecule has 1 aliphatic rings. The quantitative estimate of drug-likeness (QED) is 0.197. The van der Waals surface area contributed by atoms with Crippen molar-refractivity contribution in [2.24, 2.45) is 0 Å². The zero-order chi connectivity index (χ0) is 27.5. The van der Waals surface area contributed by atoms with Crippen molar-refractivity contribution in [3.63, 3.8) is 0 Å². The van der Waals surface area contributed by atoms with Crippen LogP contribution in [0.5, 0.6) is 0 Å². The second kappa shape index (κ2) is 14.7. The van der Waals surface area contributed by atoms with Crippen LogP contribution in [0.1, 0.15) is 36.8 Å². The number of benzene rings is 2. The van der Waals surface area contributed by atoms with E-state index in [0.717, 1.165) is 12.8 Å². The first-order chi connectivity index (χ1) is 19.0. The molecule has 0 bridgehead atoms. The fraction of sp³-hybridized carbons (Fsp3) is 0.379. The number of thioether (sulfide) groups is 1. The van der Waals surface area contributed by atoms with Gasteiger partial charge in [0.05, 0.1) is 5.75 Å². The lowest BCUT2D eigenvalue weighted by atomic mass is 9.88. The Hall–Kier alpha value is -3.30. The zero-order valence-corrected chi connectivity index (χ0v) is 23.8. The van der Waals surface area contributed by atoms with Gasteiger partial charge in [0.2, 0.25) is 5.91 Å². The molecule has 2 heterocycles. The van der Waals surface area contributed by atoms with Gasteiger partial charge in [0.15, 0.2) is 5.16 Å². The average molecular weight is 567 g/mol. The van der Waals surface area contributed by atoms with Crippen LogP contribution in [0.4, 0.5) is 10.6 Å². The highest BCUT2D eigenvalue weighted by Crippen LogP contribution is 2.27. The highest BCUT2D eigenvalue weighted by Gasteiger charge is 2.22. The molecule has 0 spiro atoms. The Labute approximate surface area is 239 Å². The zero-order valence-electron chi connectivity index (χ0n) is 22.2. The number of anilines is 1. The molecule has 0 unspecified atom stereocenters. The molecular weight excluding hydrogens is 532 g/mol. The summed E-state index contributed by atoms with van der Waals surface area (Å²) >= 11 is 7.56. The topological polar surface area (TPSA) is 90.5 Å². The van der Waals surface area contributed by atoms with Crippen molar-refractivity contribution in [3.8, 4) is 0 Å². The molecule has 0 atom stereocenters. The Morgan fingerprint density at radius 3 is 2.18 bits per heavy atom. The van der Waals surface area contributed by atoms with Gasteiger partial charge in [-0.05, 0) is 24.0 Å². The maximum Gasteiger partial charge on any atom is 0.317 e. The van der Waals surface area contributed by atoms with Crippen molar-refractivity contribution in [1.82, 2.24) is 25.5 Å². The third-order valence-corrected chi connectivity index (χ3v) is 7.61. The summed E-state index contributed by atoms with van der Waals surface area (Å²) in [5.74, 6) is 1.04. The van der Waals surface area contributed by atoms with Crippen molar-refractivity contribution in [1.29, 1.82) is 0 Å². The van der Waals surface area contributed by atoms with E-state index in [1.165, 1.54) is 22.9 Å². The highest BCUT2D eigenvalue weighted by atomic mass is 35.5. The van der Waals surface area contributed by atoms with E-state index in [1.807, 2.05) is 48.2 Å². The standard InChI is InChI=1S/C29H35ClN6O2S/c1-2-14-32-29(38)36-18-16-35(17-19-36)26-20-25(30)33-28(34-26)39-21-27(37)31-15-13-24(22-9-5-3-6-10-22)23-11-7-4-8-12-23/h3-12,20,24H,2,13-19,21H2,1H3,(H,31,37)(H,32,38). The summed E-state index contributed by atoms with van der Waals surface area (Å²) in [6.45, 7) is 5.79. The molecule has 1 saturated heterocycles. The first kappa shape index (κ1) is 28.7. The monoisotopic (exact) mass is 566 g/mol. The maximum atomic E-state index is 12.6. The number of urea groups is 1. The SMILES string of the molecule is CCCNC(=O)N1CCN(c2cc(Cl)nc(SCC(=O)NCCC(c3ccccc3)c3ccccc3)n2)CC1. The molecule has 3 amide bonds. The molecule has 4 rings (SSSR count). The van der Waals surface area contributed by atoms with E-state index in [0.29, 0.717) is 55.4 Å². The second-order valence-electron chi connectivity index (χ2n) is 9.34. The number of carbonyl (C=O) groups is 2. The molecule has 3 aromatic rings. The second-order valence-corrected chi connectivity index (χ2v) is 10.7. The van der Waals surface area contributed by atoms with Crippen LogP contribution in [0.3, 0.4) is 0 Å². The maximum absolute atomic E-state index is 12.6. The van der Waals surface area contributed by atoms with Crippen LogP contribution in [0.2, 0.25) is 5.15 Å². The molecule has 10 heteroatoms. The van der Waals surface area contributed by atoms with Crippen LogP contribution in [-0.2, 0) is 4.79 Å². The Bertz CT molecular complexity index is 1170. The molecular formula is C29H35ClN6O2S. The normalized spacial score (nSPS) is 13.4. The van der Waals surface area contributed by atoms with Crippen molar-refractivity contribution in [2.75, 3.05) is 49.9 Å². The Balaban J connectivity index is 1.27. The fourth-order valence-electron chi connectivity index (χ4n) is 4.53. The van der Waals surface area contributed by atoms with Crippen LogP contribution in [-0.4, -0.2) is 71.8 Å². The predicted molar refractivity (Wildman–Crippen MR) is 158 cm³/mol. The number of piperazine rings is 1. The number of nitrogens with one attached hydrogen (secondary N) is 2. The van der Waals surface area contributed by atoms with E-state index >= 15 is 0 Å². The molecule has 0 saturated carbocycles. The van der Waals surface area contributed by atoms with Crippen LogP contribution in [0, 0.1) is 0 Å². The van der Waals surface area contributed by atoms with Gasteiger partial charge in [-0.15, -0.1) is 0 Å². The smallest absolute Gasteiger partial charge is 0.317 e. The van der Waals surface area contributed by atoms with Crippen LogP contribution in [0.25, 0.3) is 0 Å². The Morgan fingerprint density at radius 1 is 0.923 bits per heavy atom. The van der Waals surface area contributed by atoms with Gasteiger partial charge in [0.25, 0.3) is 0 Å². The van der Waals surface area contributed by atoms with Gasteiger partial charge in [0.1, 0.15) is 11.0 Å². The molecule has 206 valence electrons. The van der Waals surface area contributed by atoms with Crippen molar-refractivity contribution in [2.45, 2.75) is 30.8 Å². The number of aromatic nitrogens is 2. The Morgan fingerprint density at radius 2 is 1.56 bits per heavy atom. The molecule has 0 aliphatic carbocycles. The molecule has 2 aromatic carbocycles. The first-order valence-corrected chi connectivity index (χ1v) is 14.7. The third kappa shape index (κ3) is 8.60. The van der Waals surface area contributed by atoms with Gasteiger partial charge in [-0.3, -0.25) is 4.79 Å². The molecule has 0 radical (unpaired) electrons. The number of amides is 3. The van der Waals surface area contributed by atoms with Gasteiger partial charge in [-0.1, -0.05) is 91.0 Å². The van der Waals surface area contributed by atoms with Gasteiger partial charge in [-0.2, -0.15) is 0 Å². The van der Waals surface area contributed by atoms with Crippen molar-refractivity contribution < 1.29 is 9.59 Å². The molecule has 39 heavy (non-hydrogen) atoms. The molecule has 1 fully saturated rings. The summed E-state index contributed by atoms with van der Waals surface area (Å²) < 4.78 is 0. The minimum Gasteiger partial charge on any atom is -0.355 e. The molecule has 8 nitrogen and oxygen atoms in total. The minimum atomic E-state index is -0.0725. The van der Waals surface area contributed by atoms with E-state index < -0.39 is 0 Å². The third-order valence-electron chi connectivity index (χ3n) is 6.57. The summed E-state index contributed by atoms with van der Waals surface area (Å²) in [4.78, 5) is 37.7. The van der Waals surface area contributed by atoms with Gasteiger partial charge < -0.3 is 20.4 Å². The van der Waals surface area contributed by atoms with Gasteiger partial charge >= 0.3 is 6.03 Å². The largest absolute Gasteiger partial charge is 0.355 e. The van der Waals surface area contributed by atoms with E-state index in [2.05, 4.69) is 49.8 Å². The number of carbonyl (C=O) groups excluding carboxylic acids is 2. The number of hydrogen-bond donors (Lipinski definition) is 2. The fourth-order valence-corrected chi connectivity index (χ4v) is 5.44. The lowest BCUT2D eigenvalue weighted by Crippen LogP contribution is -2.52. The van der Waals surface area contributed by atoms with Crippen molar-refractivity contribution in [3.05, 3.63) is 83.0 Å². The van der Waals surface area contributed by atoms with Crippen molar-refractivity contribution >= 4 is 41.1 Å². The summed E-state index contributed by atoms with van der Waals surface area (Å²) in [6, 6.07) is 22.4. The van der Waals surface area contributed by atoms with E-state index in [4.69, 9.17) is 11.6 Å². The molecule has 1 aromatic heterocycles. The van der Waals surface area contributed by atoms with Gasteiger partial charge in [-0.25, -0.2) is 14.8 Å². The summed E-state index contributed by atoms with van der Waals surface area (Å²) in [6.07, 6.45) is 1.70. The summed E-state index contributed by atoms with van der Waals surface area (Å²) in [5.41, 5.74) is 2.46. The number of hydrogen-bond acceptors (Lipinski definition) is 6. The van der Waals surface area contributed by atoms with Gasteiger partial charge in [0, 0.05) is 51.3 Å². The van der Waals surface area contributed by atoms with E-state index in [9.17, 15) is 9.59 Å². The van der Waals surface area contributed by atoms with E-state index in [-0.39, 0.29) is 23.6 Å². The van der Waals surface area contributed by atoms with E-state index in [1.54, 1.807) is 6.07 Å². The lowest BCUT2D eigenvalue weighted by molar-refractivity contribution is -0.118. The first-order valence-electron chi connectivity index (χ1n) is 13.3. The predicted octanol–water partition coefficient (Wildman–Crippen LogP) is 4.80. The Kier molecular flexibility index (Phi) is 10.9. The highest BCUT2D eigenvalue weighted by molar-refractivity contribution is 7.99. The number of rotatable bonds is 11. The summed E-state index contributed by atoms with van der Waals surface area (Å²) in [7, 11) is 0. The van der Waals surface area contributed by atoms with Crippen LogP contribution in [0.15, 0.2) is 71.9 Å². The van der Waals surface area contributed by atoms with Crippen LogP contribution < -0.4 is 15.5 Å². The molecule has 2 N–H and O–H groups in total. The number of nitrogens with zero attached hydrogens (tertiary/aromatic N) is 4. The number of halogens is 1. The lowest BCUT2D eigenvalue weighted by Gasteiger charge is -2.35. The molecule has 1 aliphatic heterocycles. The summed E-state index contributed by atoms with van der Waals surface area (Å²) in [5, 5.41) is 6.76. The minimum absolute atomic E-state index is 0.0293.